The van der Waals surface area contributed by atoms with Gasteiger partial charge in [0, 0.05) is 5.92 Å². The van der Waals surface area contributed by atoms with E-state index >= 15 is 0 Å². The van der Waals surface area contributed by atoms with Gasteiger partial charge in [-0.15, -0.1) is 6.58 Å². The molecular formula is C16H16O2. The Morgan fingerprint density at radius 3 is 2.50 bits per heavy atom. The molecule has 0 saturated heterocycles. The number of rotatable bonds is 4. The molecule has 2 unspecified atom stereocenters. The van der Waals surface area contributed by atoms with E-state index in [-0.39, 0.29) is 5.92 Å². The van der Waals surface area contributed by atoms with Crippen LogP contribution in [0.15, 0.2) is 55.1 Å². The van der Waals surface area contributed by atoms with Gasteiger partial charge in [0.1, 0.15) is 0 Å². The zero-order chi connectivity index (χ0) is 13.1. The molecule has 0 radical (unpaired) electrons. The molecule has 2 aromatic carbocycles. The van der Waals surface area contributed by atoms with E-state index in [1.165, 1.54) is 0 Å². The molecule has 0 aliphatic rings. The molecule has 0 saturated carbocycles. The summed E-state index contributed by atoms with van der Waals surface area (Å²) >= 11 is 0. The number of allylic oxidation sites excluding steroid dienone is 1. The minimum Gasteiger partial charge on any atom is -0.481 e. The maximum Gasteiger partial charge on any atom is 0.307 e. The Bertz CT molecular complexity index is 586. The molecule has 92 valence electrons. The lowest BCUT2D eigenvalue weighted by atomic mass is 9.86. The van der Waals surface area contributed by atoms with Gasteiger partial charge in [0.2, 0.25) is 0 Å². The number of hydrogen-bond acceptors (Lipinski definition) is 1. The lowest BCUT2D eigenvalue weighted by Gasteiger charge is -2.17. The molecular weight excluding hydrogens is 224 g/mol. The molecule has 2 rings (SSSR count). The number of benzene rings is 2. The molecule has 2 atom stereocenters. The second-order valence-electron chi connectivity index (χ2n) is 4.49. The van der Waals surface area contributed by atoms with Gasteiger partial charge in [-0.2, -0.15) is 0 Å². The summed E-state index contributed by atoms with van der Waals surface area (Å²) in [6.45, 7) is 5.47. The summed E-state index contributed by atoms with van der Waals surface area (Å²) in [5, 5.41) is 11.4. The van der Waals surface area contributed by atoms with Gasteiger partial charge in [-0.05, 0) is 16.3 Å². The van der Waals surface area contributed by atoms with E-state index in [2.05, 4.69) is 6.58 Å². The maximum atomic E-state index is 11.1. The van der Waals surface area contributed by atoms with Gasteiger partial charge in [-0.25, -0.2) is 0 Å². The predicted molar refractivity (Wildman–Crippen MR) is 73.7 cm³/mol. The van der Waals surface area contributed by atoms with Crippen molar-refractivity contribution in [3.05, 3.63) is 60.7 Å². The molecule has 0 fully saturated rings. The molecule has 0 aromatic heterocycles. The zero-order valence-corrected chi connectivity index (χ0v) is 10.3. The average Bonchev–Trinajstić information content (AvgIpc) is 2.39. The molecule has 2 nitrogen and oxygen atoms in total. The topological polar surface area (TPSA) is 37.3 Å². The Morgan fingerprint density at radius 2 is 1.89 bits per heavy atom. The number of fused-ring (bicyclic) bond motifs is 1. The van der Waals surface area contributed by atoms with E-state index in [0.717, 1.165) is 16.3 Å². The van der Waals surface area contributed by atoms with Crippen molar-refractivity contribution in [2.24, 2.45) is 5.92 Å². The van der Waals surface area contributed by atoms with Crippen LogP contribution in [0.4, 0.5) is 0 Å². The molecule has 0 heterocycles. The monoisotopic (exact) mass is 240 g/mol. The van der Waals surface area contributed by atoms with Gasteiger partial charge >= 0.3 is 5.97 Å². The standard InChI is InChI=1S/C16H16O2/c1-3-15(11(2)16(17)18)14-9-8-12-6-4-5-7-13(12)10-14/h3-11,15H,1H2,2H3,(H,17,18). The Morgan fingerprint density at radius 1 is 1.22 bits per heavy atom. The highest BCUT2D eigenvalue weighted by Crippen LogP contribution is 2.28. The fourth-order valence-electron chi connectivity index (χ4n) is 2.20. The highest BCUT2D eigenvalue weighted by molar-refractivity contribution is 5.83. The highest BCUT2D eigenvalue weighted by atomic mass is 16.4. The van der Waals surface area contributed by atoms with Crippen molar-refractivity contribution in [2.75, 3.05) is 0 Å². The first kappa shape index (κ1) is 12.4. The van der Waals surface area contributed by atoms with Gasteiger partial charge in [0.25, 0.3) is 0 Å². The normalized spacial score (nSPS) is 14.1. The van der Waals surface area contributed by atoms with Crippen molar-refractivity contribution >= 4 is 16.7 Å². The largest absolute Gasteiger partial charge is 0.481 e. The molecule has 2 heteroatoms. The number of carboxylic acids is 1. The van der Waals surface area contributed by atoms with E-state index < -0.39 is 11.9 Å². The third-order valence-corrected chi connectivity index (χ3v) is 3.34. The van der Waals surface area contributed by atoms with Crippen LogP contribution < -0.4 is 0 Å². The molecule has 2 aromatic rings. The average molecular weight is 240 g/mol. The Labute approximate surface area is 107 Å². The van der Waals surface area contributed by atoms with Gasteiger partial charge in [-0.1, -0.05) is 55.5 Å². The van der Waals surface area contributed by atoms with Crippen molar-refractivity contribution < 1.29 is 9.90 Å². The van der Waals surface area contributed by atoms with E-state index in [1.807, 2.05) is 42.5 Å². The van der Waals surface area contributed by atoms with Crippen LogP contribution >= 0.6 is 0 Å². The maximum absolute atomic E-state index is 11.1. The van der Waals surface area contributed by atoms with E-state index in [4.69, 9.17) is 5.11 Å². The first-order chi connectivity index (χ1) is 8.63. The summed E-state index contributed by atoms with van der Waals surface area (Å²) < 4.78 is 0. The summed E-state index contributed by atoms with van der Waals surface area (Å²) in [5.74, 6) is -1.43. The van der Waals surface area contributed by atoms with Crippen molar-refractivity contribution in [1.82, 2.24) is 0 Å². The fraction of sp³-hybridized carbons (Fsp3) is 0.188. The Balaban J connectivity index is 2.45. The first-order valence-corrected chi connectivity index (χ1v) is 5.97. The molecule has 0 amide bonds. The molecule has 0 aliphatic carbocycles. The second-order valence-corrected chi connectivity index (χ2v) is 4.49. The summed E-state index contributed by atoms with van der Waals surface area (Å²) in [5.41, 5.74) is 0.999. The Hall–Kier alpha value is -2.09. The molecule has 1 N–H and O–H groups in total. The van der Waals surface area contributed by atoms with Crippen LogP contribution in [0.25, 0.3) is 10.8 Å². The van der Waals surface area contributed by atoms with Crippen LogP contribution in [0.3, 0.4) is 0 Å². The molecule has 0 bridgehead atoms. The SMILES string of the molecule is C=CC(c1ccc2ccccc2c1)C(C)C(=O)O. The fourth-order valence-corrected chi connectivity index (χ4v) is 2.20. The van der Waals surface area contributed by atoms with E-state index in [1.54, 1.807) is 13.0 Å². The molecule has 18 heavy (non-hydrogen) atoms. The first-order valence-electron chi connectivity index (χ1n) is 5.97. The van der Waals surface area contributed by atoms with Crippen LogP contribution in [0, 0.1) is 5.92 Å². The van der Waals surface area contributed by atoms with Crippen molar-refractivity contribution in [3.8, 4) is 0 Å². The summed E-state index contributed by atoms with van der Waals surface area (Å²) in [6.07, 6.45) is 1.71. The minimum atomic E-state index is -0.798. The van der Waals surface area contributed by atoms with Crippen LogP contribution in [0.2, 0.25) is 0 Å². The van der Waals surface area contributed by atoms with E-state index in [0.29, 0.717) is 0 Å². The highest BCUT2D eigenvalue weighted by Gasteiger charge is 2.22. The van der Waals surface area contributed by atoms with Gasteiger partial charge in [0.15, 0.2) is 0 Å². The minimum absolute atomic E-state index is 0.160. The smallest absolute Gasteiger partial charge is 0.307 e. The predicted octanol–water partition coefficient (Wildman–Crippen LogP) is 3.83. The van der Waals surface area contributed by atoms with Crippen LogP contribution in [-0.2, 0) is 4.79 Å². The van der Waals surface area contributed by atoms with Crippen LogP contribution in [-0.4, -0.2) is 11.1 Å². The van der Waals surface area contributed by atoms with Gasteiger partial charge in [-0.3, -0.25) is 4.79 Å². The summed E-state index contributed by atoms with van der Waals surface area (Å²) in [6, 6.07) is 14.1. The number of carboxylic acid groups (broad SMARTS) is 1. The van der Waals surface area contributed by atoms with Gasteiger partial charge < -0.3 is 5.11 Å². The second kappa shape index (κ2) is 5.05. The number of aliphatic carboxylic acids is 1. The lowest BCUT2D eigenvalue weighted by Crippen LogP contribution is -2.17. The van der Waals surface area contributed by atoms with Crippen LogP contribution in [0.1, 0.15) is 18.4 Å². The number of carbonyl (C=O) groups is 1. The quantitative estimate of drug-likeness (QED) is 0.825. The summed E-state index contributed by atoms with van der Waals surface area (Å²) in [4.78, 5) is 11.1. The molecule has 0 aliphatic heterocycles. The van der Waals surface area contributed by atoms with Crippen molar-refractivity contribution in [2.45, 2.75) is 12.8 Å². The summed E-state index contributed by atoms with van der Waals surface area (Å²) in [7, 11) is 0. The van der Waals surface area contributed by atoms with Crippen molar-refractivity contribution in [3.63, 3.8) is 0 Å². The molecule has 0 spiro atoms. The third-order valence-electron chi connectivity index (χ3n) is 3.34. The van der Waals surface area contributed by atoms with Crippen molar-refractivity contribution in [1.29, 1.82) is 0 Å². The zero-order valence-electron chi connectivity index (χ0n) is 10.3. The lowest BCUT2D eigenvalue weighted by molar-refractivity contribution is -0.141. The Kier molecular flexibility index (Phi) is 3.47. The van der Waals surface area contributed by atoms with Gasteiger partial charge in [0.05, 0.1) is 5.92 Å². The van der Waals surface area contributed by atoms with Crippen LogP contribution in [0.5, 0.6) is 0 Å². The van der Waals surface area contributed by atoms with E-state index in [9.17, 15) is 4.79 Å². The third kappa shape index (κ3) is 2.28. The number of hydrogen-bond donors (Lipinski definition) is 1.